The smallest absolute Gasteiger partial charge is 0.188 e. The van der Waals surface area contributed by atoms with Crippen LogP contribution in [0.2, 0.25) is 0 Å². The molecule has 15 heavy (non-hydrogen) atoms. The quantitative estimate of drug-likeness (QED) is 0.586. The first-order valence-electron chi connectivity index (χ1n) is 5.10. The highest BCUT2D eigenvalue weighted by molar-refractivity contribution is 7.09. The highest BCUT2D eigenvalue weighted by Crippen LogP contribution is 2.03. The van der Waals surface area contributed by atoms with E-state index in [1.807, 2.05) is 11.6 Å². The van der Waals surface area contributed by atoms with E-state index in [2.05, 4.69) is 29.1 Å². The average Bonchev–Trinajstić information content (AvgIpc) is 2.67. The standard InChI is InChI=1S/C10H18N4S/c1-8(2)7-14-10(11)13-4-3-9-12-5-6-15-9/h5-6,8H,3-4,7H2,1-2H3,(H3,11,13,14). The molecule has 0 atom stereocenters. The summed E-state index contributed by atoms with van der Waals surface area (Å²) in [5.74, 6) is 1.07. The van der Waals surface area contributed by atoms with Gasteiger partial charge in [0.25, 0.3) is 0 Å². The first-order chi connectivity index (χ1) is 7.18. The van der Waals surface area contributed by atoms with Crippen LogP contribution in [0.4, 0.5) is 0 Å². The fraction of sp³-hybridized carbons (Fsp3) is 0.600. The topological polar surface area (TPSA) is 63.3 Å². The summed E-state index contributed by atoms with van der Waals surface area (Å²) in [5, 5.41) is 6.17. The third-order valence-electron chi connectivity index (χ3n) is 1.76. The van der Waals surface area contributed by atoms with Crippen LogP contribution in [0, 0.1) is 5.92 Å². The Morgan fingerprint density at radius 2 is 2.47 bits per heavy atom. The molecule has 0 aliphatic rings. The fourth-order valence-electron chi connectivity index (χ4n) is 1.01. The van der Waals surface area contributed by atoms with E-state index in [-0.39, 0.29) is 0 Å². The summed E-state index contributed by atoms with van der Waals surface area (Å²) in [4.78, 5) is 8.39. The van der Waals surface area contributed by atoms with Crippen molar-refractivity contribution in [2.45, 2.75) is 20.3 Å². The number of nitrogens with zero attached hydrogens (tertiary/aromatic N) is 2. The minimum atomic E-state index is 0.528. The maximum absolute atomic E-state index is 5.68. The molecule has 0 saturated carbocycles. The van der Waals surface area contributed by atoms with Crippen LogP contribution >= 0.6 is 11.3 Å². The molecule has 1 heterocycles. The third kappa shape index (κ3) is 5.37. The molecule has 1 aromatic rings. The van der Waals surface area contributed by atoms with Gasteiger partial charge in [-0.25, -0.2) is 4.98 Å². The Labute approximate surface area is 94.6 Å². The van der Waals surface area contributed by atoms with E-state index >= 15 is 0 Å². The first kappa shape index (κ1) is 12.0. The van der Waals surface area contributed by atoms with Crippen LogP contribution in [-0.2, 0) is 6.42 Å². The maximum Gasteiger partial charge on any atom is 0.188 e. The Morgan fingerprint density at radius 1 is 1.67 bits per heavy atom. The zero-order chi connectivity index (χ0) is 11.1. The molecule has 0 unspecified atom stereocenters. The van der Waals surface area contributed by atoms with Gasteiger partial charge in [0, 0.05) is 31.1 Å². The summed E-state index contributed by atoms with van der Waals surface area (Å²) in [6.45, 7) is 5.80. The lowest BCUT2D eigenvalue weighted by Crippen LogP contribution is -2.33. The van der Waals surface area contributed by atoms with E-state index in [4.69, 9.17) is 5.73 Å². The van der Waals surface area contributed by atoms with Crippen molar-refractivity contribution in [2.75, 3.05) is 13.1 Å². The molecule has 0 aromatic carbocycles. The van der Waals surface area contributed by atoms with Gasteiger partial charge in [0.05, 0.1) is 5.01 Å². The number of aromatic nitrogens is 1. The van der Waals surface area contributed by atoms with Crippen molar-refractivity contribution in [1.82, 2.24) is 10.3 Å². The van der Waals surface area contributed by atoms with E-state index in [9.17, 15) is 0 Å². The van der Waals surface area contributed by atoms with Gasteiger partial charge >= 0.3 is 0 Å². The molecule has 5 heteroatoms. The van der Waals surface area contributed by atoms with Gasteiger partial charge in [-0.05, 0) is 5.92 Å². The molecule has 0 saturated heterocycles. The van der Waals surface area contributed by atoms with Crippen molar-refractivity contribution in [3.8, 4) is 0 Å². The van der Waals surface area contributed by atoms with Crippen LogP contribution in [0.15, 0.2) is 16.6 Å². The molecule has 0 amide bonds. The van der Waals surface area contributed by atoms with Crippen LogP contribution in [0.1, 0.15) is 18.9 Å². The van der Waals surface area contributed by atoms with Crippen LogP contribution in [-0.4, -0.2) is 24.0 Å². The summed E-state index contributed by atoms with van der Waals surface area (Å²) in [6.07, 6.45) is 2.71. The monoisotopic (exact) mass is 226 g/mol. The van der Waals surface area contributed by atoms with E-state index in [1.54, 1.807) is 11.3 Å². The summed E-state index contributed by atoms with van der Waals surface area (Å²) >= 11 is 1.66. The summed E-state index contributed by atoms with van der Waals surface area (Å²) in [6, 6.07) is 0. The van der Waals surface area contributed by atoms with E-state index in [0.29, 0.717) is 11.9 Å². The van der Waals surface area contributed by atoms with Crippen LogP contribution in [0.3, 0.4) is 0 Å². The van der Waals surface area contributed by atoms with Gasteiger partial charge < -0.3 is 11.1 Å². The number of guanidine groups is 1. The van der Waals surface area contributed by atoms with Crippen molar-refractivity contribution in [1.29, 1.82) is 0 Å². The second-order valence-electron chi connectivity index (χ2n) is 3.72. The molecule has 1 aromatic heterocycles. The lowest BCUT2D eigenvalue weighted by atomic mass is 10.2. The Hall–Kier alpha value is -1.10. The van der Waals surface area contributed by atoms with Crippen molar-refractivity contribution in [3.05, 3.63) is 16.6 Å². The maximum atomic E-state index is 5.68. The highest BCUT2D eigenvalue weighted by atomic mass is 32.1. The predicted octanol–water partition coefficient (Wildman–Crippen LogP) is 1.25. The molecule has 0 aliphatic carbocycles. The van der Waals surface area contributed by atoms with Crippen molar-refractivity contribution < 1.29 is 0 Å². The zero-order valence-corrected chi connectivity index (χ0v) is 10.0. The van der Waals surface area contributed by atoms with Gasteiger partial charge in [0.2, 0.25) is 0 Å². The Kier molecular flexibility index (Phi) is 5.10. The molecule has 4 nitrogen and oxygen atoms in total. The number of rotatable bonds is 5. The number of nitrogens with one attached hydrogen (secondary N) is 1. The molecule has 0 spiro atoms. The van der Waals surface area contributed by atoms with Gasteiger partial charge in [-0.1, -0.05) is 13.8 Å². The minimum absolute atomic E-state index is 0.528. The molecule has 0 radical (unpaired) electrons. The Balaban J connectivity index is 2.17. The van der Waals surface area contributed by atoms with E-state index < -0.39 is 0 Å². The lowest BCUT2D eigenvalue weighted by Gasteiger charge is -2.05. The largest absolute Gasteiger partial charge is 0.370 e. The molecular formula is C10H18N4S. The van der Waals surface area contributed by atoms with E-state index in [0.717, 1.165) is 24.5 Å². The van der Waals surface area contributed by atoms with E-state index in [1.165, 1.54) is 0 Å². The number of aliphatic imine (C=N–C) groups is 1. The van der Waals surface area contributed by atoms with Gasteiger partial charge in [-0.3, -0.25) is 4.99 Å². The third-order valence-corrected chi connectivity index (χ3v) is 2.59. The molecule has 0 bridgehead atoms. The van der Waals surface area contributed by atoms with Gasteiger partial charge in [0.15, 0.2) is 5.96 Å². The van der Waals surface area contributed by atoms with Crippen LogP contribution in [0.25, 0.3) is 0 Å². The zero-order valence-electron chi connectivity index (χ0n) is 9.23. The fourth-order valence-corrected chi connectivity index (χ4v) is 1.63. The second kappa shape index (κ2) is 6.40. The predicted molar refractivity (Wildman–Crippen MR) is 65.1 cm³/mol. The summed E-state index contributed by atoms with van der Waals surface area (Å²) < 4.78 is 0. The SMILES string of the molecule is CC(C)CN=C(N)NCCc1nccs1. The average molecular weight is 226 g/mol. The molecule has 84 valence electrons. The number of nitrogens with two attached hydrogens (primary N) is 1. The van der Waals surface area contributed by atoms with Crippen molar-refractivity contribution >= 4 is 17.3 Å². The highest BCUT2D eigenvalue weighted by Gasteiger charge is 1.96. The Morgan fingerprint density at radius 3 is 3.07 bits per heavy atom. The van der Waals surface area contributed by atoms with Crippen LogP contribution in [0.5, 0.6) is 0 Å². The lowest BCUT2D eigenvalue weighted by molar-refractivity contribution is 0.661. The number of thiazole rings is 1. The number of hydrogen-bond donors (Lipinski definition) is 2. The molecular weight excluding hydrogens is 208 g/mol. The molecule has 0 aliphatic heterocycles. The van der Waals surface area contributed by atoms with Crippen LogP contribution < -0.4 is 11.1 Å². The molecule has 0 fully saturated rings. The number of hydrogen-bond acceptors (Lipinski definition) is 3. The normalized spacial score (nSPS) is 12.1. The molecule has 3 N–H and O–H groups in total. The van der Waals surface area contributed by atoms with Gasteiger partial charge in [-0.15, -0.1) is 11.3 Å². The molecule has 1 rings (SSSR count). The second-order valence-corrected chi connectivity index (χ2v) is 4.70. The van der Waals surface area contributed by atoms with Gasteiger partial charge in [-0.2, -0.15) is 0 Å². The summed E-state index contributed by atoms with van der Waals surface area (Å²) in [5.41, 5.74) is 5.68. The Bertz CT molecular complexity index is 292. The summed E-state index contributed by atoms with van der Waals surface area (Å²) in [7, 11) is 0. The van der Waals surface area contributed by atoms with Crippen molar-refractivity contribution in [3.63, 3.8) is 0 Å². The van der Waals surface area contributed by atoms with Crippen molar-refractivity contribution in [2.24, 2.45) is 16.6 Å². The minimum Gasteiger partial charge on any atom is -0.370 e. The van der Waals surface area contributed by atoms with Gasteiger partial charge in [0.1, 0.15) is 0 Å². The first-order valence-corrected chi connectivity index (χ1v) is 5.98.